The van der Waals surface area contributed by atoms with Gasteiger partial charge in [0.25, 0.3) is 0 Å². The Kier molecular flexibility index (Phi) is 5.19. The van der Waals surface area contributed by atoms with E-state index in [1.807, 2.05) is 12.1 Å². The normalized spacial score (nSPS) is 12.5. The molecule has 0 spiro atoms. The summed E-state index contributed by atoms with van der Waals surface area (Å²) in [5.74, 6) is 0.922. The molecule has 0 heterocycles. The lowest BCUT2D eigenvalue weighted by molar-refractivity contribution is 0.414. The van der Waals surface area contributed by atoms with Crippen molar-refractivity contribution in [2.24, 2.45) is 0 Å². The van der Waals surface area contributed by atoms with Crippen LogP contribution < -0.4 is 10.1 Å². The van der Waals surface area contributed by atoms with Gasteiger partial charge in [0, 0.05) is 6.04 Å². The summed E-state index contributed by atoms with van der Waals surface area (Å²) >= 11 is 0. The molecule has 0 radical (unpaired) electrons. The van der Waals surface area contributed by atoms with Crippen LogP contribution in [0.1, 0.15) is 38.3 Å². The molecule has 1 aromatic rings. The first-order chi connectivity index (χ1) is 7.31. The van der Waals surface area contributed by atoms with Crippen LogP contribution in [0.15, 0.2) is 24.3 Å². The first-order valence-electron chi connectivity index (χ1n) is 5.69. The van der Waals surface area contributed by atoms with E-state index in [9.17, 15) is 0 Å². The molecule has 0 saturated heterocycles. The van der Waals surface area contributed by atoms with E-state index in [2.05, 4.69) is 31.3 Å². The van der Waals surface area contributed by atoms with Crippen LogP contribution in [-0.2, 0) is 0 Å². The molecule has 0 amide bonds. The quantitative estimate of drug-likeness (QED) is 0.773. The van der Waals surface area contributed by atoms with Crippen molar-refractivity contribution in [2.75, 3.05) is 13.7 Å². The summed E-state index contributed by atoms with van der Waals surface area (Å²) in [6, 6.07) is 8.81. The molecule has 2 nitrogen and oxygen atoms in total. The fourth-order valence-electron chi connectivity index (χ4n) is 1.76. The molecule has 1 aromatic carbocycles. The molecule has 0 fully saturated rings. The van der Waals surface area contributed by atoms with Crippen LogP contribution >= 0.6 is 0 Å². The zero-order chi connectivity index (χ0) is 11.1. The first-order valence-corrected chi connectivity index (χ1v) is 5.69. The van der Waals surface area contributed by atoms with Gasteiger partial charge in [-0.3, -0.25) is 0 Å². The molecule has 0 aliphatic rings. The summed E-state index contributed by atoms with van der Waals surface area (Å²) in [5, 5.41) is 3.50. The van der Waals surface area contributed by atoms with Crippen molar-refractivity contribution < 1.29 is 4.74 Å². The zero-order valence-corrected chi connectivity index (χ0v) is 9.92. The van der Waals surface area contributed by atoms with Gasteiger partial charge in [0.1, 0.15) is 5.75 Å². The molecule has 15 heavy (non-hydrogen) atoms. The Labute approximate surface area is 92.6 Å². The average molecular weight is 207 g/mol. The number of hydrogen-bond acceptors (Lipinski definition) is 2. The number of nitrogens with one attached hydrogen (secondary N) is 1. The van der Waals surface area contributed by atoms with E-state index in [1.165, 1.54) is 18.4 Å². The highest BCUT2D eigenvalue weighted by Gasteiger charge is 2.08. The van der Waals surface area contributed by atoms with Gasteiger partial charge in [0.05, 0.1) is 7.11 Å². The third kappa shape index (κ3) is 3.56. The van der Waals surface area contributed by atoms with E-state index in [0.717, 1.165) is 12.3 Å². The molecular weight excluding hydrogens is 186 g/mol. The SMILES string of the molecule is CCCC(NCC)c1ccc(OC)cc1. The van der Waals surface area contributed by atoms with E-state index in [0.29, 0.717) is 6.04 Å². The van der Waals surface area contributed by atoms with Crippen LogP contribution in [0.25, 0.3) is 0 Å². The van der Waals surface area contributed by atoms with Gasteiger partial charge in [-0.2, -0.15) is 0 Å². The van der Waals surface area contributed by atoms with Gasteiger partial charge < -0.3 is 10.1 Å². The van der Waals surface area contributed by atoms with Gasteiger partial charge in [-0.15, -0.1) is 0 Å². The third-order valence-electron chi connectivity index (χ3n) is 2.55. The van der Waals surface area contributed by atoms with Crippen LogP contribution in [0.4, 0.5) is 0 Å². The van der Waals surface area contributed by atoms with Gasteiger partial charge in [-0.1, -0.05) is 32.4 Å². The lowest BCUT2D eigenvalue weighted by atomic mass is 10.0. The minimum atomic E-state index is 0.478. The van der Waals surface area contributed by atoms with E-state index in [1.54, 1.807) is 7.11 Å². The van der Waals surface area contributed by atoms with Crippen molar-refractivity contribution in [2.45, 2.75) is 32.7 Å². The lowest BCUT2D eigenvalue weighted by Crippen LogP contribution is -2.20. The third-order valence-corrected chi connectivity index (χ3v) is 2.55. The van der Waals surface area contributed by atoms with Gasteiger partial charge in [0.2, 0.25) is 0 Å². The fourth-order valence-corrected chi connectivity index (χ4v) is 1.76. The summed E-state index contributed by atoms with van der Waals surface area (Å²) < 4.78 is 5.15. The maximum atomic E-state index is 5.15. The molecule has 84 valence electrons. The Morgan fingerprint density at radius 2 is 1.87 bits per heavy atom. The molecule has 1 N–H and O–H groups in total. The van der Waals surface area contributed by atoms with Crippen LogP contribution in [0, 0.1) is 0 Å². The van der Waals surface area contributed by atoms with E-state index in [-0.39, 0.29) is 0 Å². The monoisotopic (exact) mass is 207 g/mol. The number of hydrogen-bond donors (Lipinski definition) is 1. The highest BCUT2D eigenvalue weighted by Crippen LogP contribution is 2.21. The Bertz CT molecular complexity index is 262. The minimum absolute atomic E-state index is 0.478. The molecule has 1 unspecified atom stereocenters. The van der Waals surface area contributed by atoms with Gasteiger partial charge in [0.15, 0.2) is 0 Å². The lowest BCUT2D eigenvalue weighted by Gasteiger charge is -2.17. The number of rotatable bonds is 6. The second kappa shape index (κ2) is 6.46. The highest BCUT2D eigenvalue weighted by atomic mass is 16.5. The predicted octanol–water partition coefficient (Wildman–Crippen LogP) is 3.15. The summed E-state index contributed by atoms with van der Waals surface area (Å²) in [6.45, 7) is 5.37. The summed E-state index contributed by atoms with van der Waals surface area (Å²) in [5.41, 5.74) is 1.35. The molecule has 0 saturated carbocycles. The standard InChI is InChI=1S/C13H21NO/c1-4-6-13(14-5-2)11-7-9-12(15-3)10-8-11/h7-10,13-14H,4-6H2,1-3H3. The minimum Gasteiger partial charge on any atom is -0.497 e. The van der Waals surface area contributed by atoms with Gasteiger partial charge in [-0.05, 0) is 30.7 Å². The predicted molar refractivity (Wildman–Crippen MR) is 64.3 cm³/mol. The molecule has 0 aliphatic carbocycles. The summed E-state index contributed by atoms with van der Waals surface area (Å²) in [6.07, 6.45) is 2.38. The van der Waals surface area contributed by atoms with E-state index >= 15 is 0 Å². The molecular formula is C13H21NO. The summed E-state index contributed by atoms with van der Waals surface area (Å²) in [4.78, 5) is 0. The molecule has 1 atom stereocenters. The van der Waals surface area contributed by atoms with E-state index < -0.39 is 0 Å². The van der Waals surface area contributed by atoms with Crippen LogP contribution in [0.3, 0.4) is 0 Å². The first kappa shape index (κ1) is 12.1. The van der Waals surface area contributed by atoms with Crippen molar-refractivity contribution in [3.05, 3.63) is 29.8 Å². The molecule has 0 bridgehead atoms. The number of benzene rings is 1. The van der Waals surface area contributed by atoms with E-state index in [4.69, 9.17) is 4.74 Å². The van der Waals surface area contributed by atoms with Crippen molar-refractivity contribution in [3.8, 4) is 5.75 Å². The van der Waals surface area contributed by atoms with Crippen LogP contribution in [0.2, 0.25) is 0 Å². The molecule has 1 rings (SSSR count). The fraction of sp³-hybridized carbons (Fsp3) is 0.538. The second-order valence-corrected chi connectivity index (χ2v) is 3.67. The van der Waals surface area contributed by atoms with Crippen LogP contribution in [-0.4, -0.2) is 13.7 Å². The zero-order valence-electron chi connectivity index (χ0n) is 9.92. The number of methoxy groups -OCH3 is 1. The smallest absolute Gasteiger partial charge is 0.118 e. The molecule has 2 heteroatoms. The van der Waals surface area contributed by atoms with Gasteiger partial charge in [-0.25, -0.2) is 0 Å². The molecule has 0 aliphatic heterocycles. The Balaban J connectivity index is 2.72. The Morgan fingerprint density at radius 1 is 1.20 bits per heavy atom. The summed E-state index contributed by atoms with van der Waals surface area (Å²) in [7, 11) is 1.70. The van der Waals surface area contributed by atoms with Crippen molar-refractivity contribution >= 4 is 0 Å². The van der Waals surface area contributed by atoms with Crippen molar-refractivity contribution in [3.63, 3.8) is 0 Å². The Morgan fingerprint density at radius 3 is 2.33 bits per heavy atom. The average Bonchev–Trinajstić information content (AvgIpc) is 2.29. The second-order valence-electron chi connectivity index (χ2n) is 3.67. The maximum absolute atomic E-state index is 5.15. The van der Waals surface area contributed by atoms with Crippen molar-refractivity contribution in [1.82, 2.24) is 5.32 Å². The molecule has 0 aromatic heterocycles. The number of ether oxygens (including phenoxy) is 1. The van der Waals surface area contributed by atoms with Crippen molar-refractivity contribution in [1.29, 1.82) is 0 Å². The van der Waals surface area contributed by atoms with Crippen LogP contribution in [0.5, 0.6) is 5.75 Å². The highest BCUT2D eigenvalue weighted by molar-refractivity contribution is 5.29. The topological polar surface area (TPSA) is 21.3 Å². The van der Waals surface area contributed by atoms with Gasteiger partial charge >= 0.3 is 0 Å². The Hall–Kier alpha value is -1.02. The maximum Gasteiger partial charge on any atom is 0.118 e. The largest absolute Gasteiger partial charge is 0.497 e.